The number of amides is 1. The van der Waals surface area contributed by atoms with Crippen LogP contribution in [0.1, 0.15) is 23.6 Å². The Morgan fingerprint density at radius 1 is 0.971 bits per heavy atom. The highest BCUT2D eigenvalue weighted by molar-refractivity contribution is 6.46. The third-order valence-corrected chi connectivity index (χ3v) is 6.07. The first-order chi connectivity index (χ1) is 16.5. The molecule has 1 amide bonds. The summed E-state index contributed by atoms with van der Waals surface area (Å²) in [7, 11) is 4.59. The van der Waals surface area contributed by atoms with Crippen LogP contribution in [0.3, 0.4) is 0 Å². The van der Waals surface area contributed by atoms with E-state index in [9.17, 15) is 14.7 Å². The number of aliphatic hydroxyl groups excluding tert-OH is 1. The molecule has 1 aliphatic rings. The zero-order valence-electron chi connectivity index (χ0n) is 19.4. The van der Waals surface area contributed by atoms with E-state index < -0.39 is 17.7 Å². The Bertz CT molecular complexity index is 1260. The third kappa shape index (κ3) is 4.10. The molecular weight excluding hydrogens is 434 g/mol. The van der Waals surface area contributed by atoms with Crippen LogP contribution in [0.4, 0.5) is 0 Å². The van der Waals surface area contributed by atoms with Crippen LogP contribution in [-0.4, -0.2) is 56.2 Å². The van der Waals surface area contributed by atoms with E-state index in [1.54, 1.807) is 25.3 Å². The van der Waals surface area contributed by atoms with E-state index in [4.69, 9.17) is 14.2 Å². The van der Waals surface area contributed by atoms with Crippen molar-refractivity contribution in [1.29, 1.82) is 0 Å². The van der Waals surface area contributed by atoms with Gasteiger partial charge in [-0.25, -0.2) is 0 Å². The molecule has 3 aromatic rings. The van der Waals surface area contributed by atoms with Crippen LogP contribution in [-0.2, 0) is 14.3 Å². The van der Waals surface area contributed by atoms with Crippen LogP contribution < -0.4 is 9.47 Å². The summed E-state index contributed by atoms with van der Waals surface area (Å²) in [6.07, 6.45) is 0.552. The summed E-state index contributed by atoms with van der Waals surface area (Å²) in [5, 5.41) is 13.3. The van der Waals surface area contributed by atoms with Crippen LogP contribution in [0.2, 0.25) is 0 Å². The van der Waals surface area contributed by atoms with Gasteiger partial charge in [0.1, 0.15) is 17.3 Å². The number of fused-ring (bicyclic) bond motifs is 1. The van der Waals surface area contributed by atoms with Gasteiger partial charge >= 0.3 is 0 Å². The lowest BCUT2D eigenvalue weighted by Gasteiger charge is -2.26. The van der Waals surface area contributed by atoms with Crippen LogP contribution in [0.5, 0.6) is 11.5 Å². The average molecular weight is 462 g/mol. The first-order valence-corrected chi connectivity index (χ1v) is 11.0. The van der Waals surface area contributed by atoms with Crippen LogP contribution >= 0.6 is 0 Å². The molecule has 176 valence electrons. The molecule has 0 saturated carbocycles. The van der Waals surface area contributed by atoms with Crippen molar-refractivity contribution in [3.63, 3.8) is 0 Å². The van der Waals surface area contributed by atoms with Crippen LogP contribution in [0.15, 0.2) is 66.2 Å². The van der Waals surface area contributed by atoms with E-state index in [0.717, 1.165) is 16.3 Å². The molecule has 1 N–H and O–H groups in total. The number of hydrogen-bond acceptors (Lipinski definition) is 6. The topological polar surface area (TPSA) is 85.3 Å². The van der Waals surface area contributed by atoms with Crippen molar-refractivity contribution in [1.82, 2.24) is 4.90 Å². The molecule has 1 aliphatic heterocycles. The van der Waals surface area contributed by atoms with Gasteiger partial charge in [-0.15, -0.1) is 0 Å². The highest BCUT2D eigenvalue weighted by Crippen LogP contribution is 2.43. The van der Waals surface area contributed by atoms with Gasteiger partial charge in [0.25, 0.3) is 11.7 Å². The smallest absolute Gasteiger partial charge is 0.295 e. The molecule has 1 unspecified atom stereocenters. The van der Waals surface area contributed by atoms with Gasteiger partial charge in [0.05, 0.1) is 31.4 Å². The normalized spacial score (nSPS) is 17.4. The second-order valence-corrected chi connectivity index (χ2v) is 7.97. The predicted molar refractivity (Wildman–Crippen MR) is 129 cm³/mol. The van der Waals surface area contributed by atoms with Gasteiger partial charge in [0.15, 0.2) is 0 Å². The molecule has 0 bridgehead atoms. The quantitative estimate of drug-likeness (QED) is 0.233. The van der Waals surface area contributed by atoms with Gasteiger partial charge in [0.2, 0.25) is 0 Å². The van der Waals surface area contributed by atoms with E-state index in [0.29, 0.717) is 36.6 Å². The molecule has 7 heteroatoms. The monoisotopic (exact) mass is 461 g/mol. The minimum absolute atomic E-state index is 0.0298. The van der Waals surface area contributed by atoms with Gasteiger partial charge in [-0.3, -0.25) is 9.59 Å². The molecule has 0 spiro atoms. The van der Waals surface area contributed by atoms with E-state index in [2.05, 4.69) is 0 Å². The highest BCUT2D eigenvalue weighted by Gasteiger charge is 2.46. The van der Waals surface area contributed by atoms with Crippen molar-refractivity contribution in [3.05, 3.63) is 77.4 Å². The summed E-state index contributed by atoms with van der Waals surface area (Å²) in [4.78, 5) is 28.0. The molecule has 0 aliphatic carbocycles. The summed E-state index contributed by atoms with van der Waals surface area (Å²) in [6, 6.07) is 17.7. The van der Waals surface area contributed by atoms with E-state index in [1.165, 1.54) is 19.1 Å². The maximum Gasteiger partial charge on any atom is 0.295 e. The van der Waals surface area contributed by atoms with E-state index in [1.807, 2.05) is 42.5 Å². The Hall–Kier alpha value is -3.84. The summed E-state index contributed by atoms with van der Waals surface area (Å²) < 4.78 is 15.9. The average Bonchev–Trinajstić information content (AvgIpc) is 3.12. The van der Waals surface area contributed by atoms with Crippen molar-refractivity contribution >= 4 is 28.2 Å². The fourth-order valence-corrected chi connectivity index (χ4v) is 4.44. The number of ketones is 1. The first kappa shape index (κ1) is 23.3. The number of nitrogens with zero attached hydrogens (tertiary/aromatic N) is 1. The summed E-state index contributed by atoms with van der Waals surface area (Å²) >= 11 is 0. The number of methoxy groups -OCH3 is 3. The molecule has 4 rings (SSSR count). The molecule has 1 fully saturated rings. The predicted octanol–water partition coefficient (Wildman–Crippen LogP) is 4.32. The zero-order chi connectivity index (χ0) is 24.2. The summed E-state index contributed by atoms with van der Waals surface area (Å²) in [5.74, 6) is -0.795. The zero-order valence-corrected chi connectivity index (χ0v) is 19.4. The largest absolute Gasteiger partial charge is 0.507 e. The number of ether oxygens (including phenoxy) is 3. The van der Waals surface area contributed by atoms with Crippen LogP contribution in [0, 0.1) is 0 Å². The van der Waals surface area contributed by atoms with Crippen molar-refractivity contribution in [2.75, 3.05) is 34.5 Å². The van der Waals surface area contributed by atoms with Crippen molar-refractivity contribution < 1.29 is 28.9 Å². The SMILES string of the molecule is COCCCN1C(=O)C(=O)/C(=C(/O)c2ccc(OC)cc2OC)C1c1cccc2ccccc12. The number of carbonyl (C=O) groups is 2. The number of aliphatic hydroxyl groups is 1. The molecule has 1 heterocycles. The number of Topliss-reactive ketones (excluding diaryl/α,β-unsaturated/α-hetero) is 1. The Balaban J connectivity index is 1.94. The van der Waals surface area contributed by atoms with Gasteiger partial charge in [-0.2, -0.15) is 0 Å². The molecule has 0 aromatic heterocycles. The second-order valence-electron chi connectivity index (χ2n) is 7.97. The van der Waals surface area contributed by atoms with Crippen molar-refractivity contribution in [2.24, 2.45) is 0 Å². The number of rotatable bonds is 8. The van der Waals surface area contributed by atoms with Crippen molar-refractivity contribution in [3.8, 4) is 11.5 Å². The van der Waals surface area contributed by atoms with Gasteiger partial charge in [-0.05, 0) is 34.9 Å². The summed E-state index contributed by atoms with van der Waals surface area (Å²) in [5.41, 5.74) is 1.11. The number of likely N-dealkylation sites (tertiary alicyclic amines) is 1. The third-order valence-electron chi connectivity index (χ3n) is 6.07. The number of hydrogen-bond donors (Lipinski definition) is 1. The lowest BCUT2D eigenvalue weighted by molar-refractivity contribution is -0.140. The van der Waals surface area contributed by atoms with Crippen molar-refractivity contribution in [2.45, 2.75) is 12.5 Å². The first-order valence-electron chi connectivity index (χ1n) is 11.0. The molecule has 34 heavy (non-hydrogen) atoms. The van der Waals surface area contributed by atoms with Gasteiger partial charge < -0.3 is 24.2 Å². The Morgan fingerprint density at radius 3 is 2.47 bits per heavy atom. The number of carbonyl (C=O) groups excluding carboxylic acids is 2. The Morgan fingerprint density at radius 2 is 1.74 bits per heavy atom. The minimum atomic E-state index is -0.755. The Labute approximate surface area is 198 Å². The highest BCUT2D eigenvalue weighted by atomic mass is 16.5. The standard InChI is InChI=1S/C27H27NO6/c1-32-15-7-14-28-24(20-11-6-9-17-8-4-5-10-19(17)20)23(26(30)27(28)31)25(29)21-13-12-18(33-2)16-22(21)34-3/h4-6,8-13,16,24,29H,7,14-15H2,1-3H3/b25-23+. The fraction of sp³-hybridized carbons (Fsp3) is 0.259. The number of benzene rings is 3. The minimum Gasteiger partial charge on any atom is -0.507 e. The Kier molecular flexibility index (Phi) is 6.84. The molecule has 1 atom stereocenters. The van der Waals surface area contributed by atoms with E-state index in [-0.39, 0.29) is 11.3 Å². The summed E-state index contributed by atoms with van der Waals surface area (Å²) in [6.45, 7) is 0.750. The molecule has 0 radical (unpaired) electrons. The second kappa shape index (κ2) is 9.97. The van der Waals surface area contributed by atoms with Gasteiger partial charge in [0, 0.05) is 26.3 Å². The molecule has 7 nitrogen and oxygen atoms in total. The van der Waals surface area contributed by atoms with E-state index >= 15 is 0 Å². The lowest BCUT2D eigenvalue weighted by atomic mass is 9.91. The molecular formula is C27H27NO6. The maximum absolute atomic E-state index is 13.3. The molecule has 3 aromatic carbocycles. The van der Waals surface area contributed by atoms with Crippen LogP contribution in [0.25, 0.3) is 16.5 Å². The lowest BCUT2D eigenvalue weighted by Crippen LogP contribution is -2.31. The van der Waals surface area contributed by atoms with Gasteiger partial charge in [-0.1, -0.05) is 42.5 Å². The molecule has 1 saturated heterocycles. The maximum atomic E-state index is 13.3. The fourth-order valence-electron chi connectivity index (χ4n) is 4.44.